The van der Waals surface area contributed by atoms with Gasteiger partial charge in [-0.3, -0.25) is 4.98 Å². The fourth-order valence-electron chi connectivity index (χ4n) is 1.12. The van der Waals surface area contributed by atoms with Gasteiger partial charge in [0, 0.05) is 23.3 Å². The van der Waals surface area contributed by atoms with Gasteiger partial charge in [0.15, 0.2) is 0 Å². The molecule has 0 saturated heterocycles. The predicted molar refractivity (Wildman–Crippen MR) is 54.7 cm³/mol. The molecule has 0 aliphatic carbocycles. The van der Waals surface area contributed by atoms with E-state index in [1.165, 1.54) is 5.01 Å². The Balaban J connectivity index is 2.36. The topological polar surface area (TPSA) is 25.8 Å². The molecule has 2 nitrogen and oxygen atoms in total. The Hall–Kier alpha value is -1.22. The van der Waals surface area contributed by atoms with Crippen molar-refractivity contribution in [1.82, 2.24) is 9.97 Å². The molecule has 66 valence electrons. The first kappa shape index (κ1) is 8.38. The molecule has 2 rings (SSSR count). The predicted octanol–water partition coefficient (Wildman–Crippen LogP) is 2.77. The van der Waals surface area contributed by atoms with Crippen molar-refractivity contribution in [3.05, 3.63) is 34.9 Å². The summed E-state index contributed by atoms with van der Waals surface area (Å²) < 4.78 is 0. The molecular weight excluding hydrogens is 180 g/mol. The lowest BCUT2D eigenvalue weighted by molar-refractivity contribution is 1.09. The highest BCUT2D eigenvalue weighted by atomic mass is 32.1. The Kier molecular flexibility index (Phi) is 2.36. The first-order valence-electron chi connectivity index (χ1n) is 4.25. The summed E-state index contributed by atoms with van der Waals surface area (Å²) in [7, 11) is 0. The first-order valence-corrected chi connectivity index (χ1v) is 5.13. The molecule has 0 bridgehead atoms. The number of hydrogen-bond donors (Lipinski definition) is 0. The van der Waals surface area contributed by atoms with Crippen molar-refractivity contribution < 1.29 is 0 Å². The van der Waals surface area contributed by atoms with Crippen LogP contribution in [0, 0.1) is 0 Å². The van der Waals surface area contributed by atoms with Crippen LogP contribution in [0.4, 0.5) is 0 Å². The Morgan fingerprint density at radius 1 is 1.46 bits per heavy atom. The van der Waals surface area contributed by atoms with E-state index in [-0.39, 0.29) is 0 Å². The molecule has 0 spiro atoms. The first-order chi connectivity index (χ1) is 6.40. The van der Waals surface area contributed by atoms with Crippen LogP contribution in [-0.2, 0) is 6.42 Å². The summed E-state index contributed by atoms with van der Waals surface area (Å²) in [6, 6.07) is 3.96. The molecular formula is C10H10N2S. The van der Waals surface area contributed by atoms with Gasteiger partial charge in [-0.15, -0.1) is 11.3 Å². The minimum absolute atomic E-state index is 1.00. The molecule has 13 heavy (non-hydrogen) atoms. The highest BCUT2D eigenvalue weighted by molar-refractivity contribution is 7.09. The smallest absolute Gasteiger partial charge is 0.0929 e. The van der Waals surface area contributed by atoms with E-state index in [1.54, 1.807) is 17.5 Å². The normalized spacial score (nSPS) is 10.2. The van der Waals surface area contributed by atoms with Crippen LogP contribution >= 0.6 is 11.3 Å². The zero-order valence-corrected chi connectivity index (χ0v) is 8.21. The van der Waals surface area contributed by atoms with Gasteiger partial charge in [-0.05, 0) is 18.6 Å². The number of hydrogen-bond acceptors (Lipinski definition) is 3. The Morgan fingerprint density at radius 3 is 3.00 bits per heavy atom. The average Bonchev–Trinajstić information content (AvgIpc) is 2.67. The fourth-order valence-corrected chi connectivity index (χ4v) is 1.87. The minimum Gasteiger partial charge on any atom is -0.264 e. The molecule has 0 radical (unpaired) electrons. The number of aromatic nitrogens is 2. The Bertz CT molecular complexity index is 381. The Morgan fingerprint density at radius 2 is 2.38 bits per heavy atom. The van der Waals surface area contributed by atoms with E-state index in [0.29, 0.717) is 0 Å². The lowest BCUT2D eigenvalue weighted by Crippen LogP contribution is -1.80. The number of thiazole rings is 1. The third-order valence-corrected chi connectivity index (χ3v) is 2.80. The molecule has 2 aromatic heterocycles. The van der Waals surface area contributed by atoms with Gasteiger partial charge in [0.05, 0.1) is 10.7 Å². The van der Waals surface area contributed by atoms with Crippen molar-refractivity contribution in [2.24, 2.45) is 0 Å². The standard InChI is InChI=1S/C10H10N2S/c1-2-10-12-9(7-13-10)8-4-3-5-11-6-8/h3-7H,2H2,1H3. The molecule has 0 atom stereocenters. The monoisotopic (exact) mass is 190 g/mol. The van der Waals surface area contributed by atoms with Crippen molar-refractivity contribution in [3.63, 3.8) is 0 Å². The van der Waals surface area contributed by atoms with Gasteiger partial charge in [-0.1, -0.05) is 6.92 Å². The fraction of sp³-hybridized carbons (Fsp3) is 0.200. The summed E-state index contributed by atoms with van der Waals surface area (Å²) >= 11 is 1.71. The van der Waals surface area contributed by atoms with Gasteiger partial charge < -0.3 is 0 Å². The zero-order chi connectivity index (χ0) is 9.10. The van der Waals surface area contributed by atoms with Crippen molar-refractivity contribution >= 4 is 11.3 Å². The molecule has 3 heteroatoms. The summed E-state index contributed by atoms with van der Waals surface area (Å²) in [5, 5.41) is 3.26. The number of rotatable bonds is 2. The molecule has 0 aliphatic heterocycles. The summed E-state index contributed by atoms with van der Waals surface area (Å²) in [5.41, 5.74) is 2.13. The van der Waals surface area contributed by atoms with Crippen molar-refractivity contribution in [2.75, 3.05) is 0 Å². The molecule has 0 saturated carbocycles. The second-order valence-corrected chi connectivity index (χ2v) is 3.66. The maximum absolute atomic E-state index is 4.48. The summed E-state index contributed by atoms with van der Waals surface area (Å²) in [6.07, 6.45) is 4.62. The average molecular weight is 190 g/mol. The van der Waals surface area contributed by atoms with Crippen LogP contribution < -0.4 is 0 Å². The van der Waals surface area contributed by atoms with Crippen LogP contribution in [-0.4, -0.2) is 9.97 Å². The molecule has 0 amide bonds. The highest BCUT2D eigenvalue weighted by Crippen LogP contribution is 2.20. The summed E-state index contributed by atoms with van der Waals surface area (Å²) in [4.78, 5) is 8.54. The van der Waals surface area contributed by atoms with Crippen molar-refractivity contribution in [1.29, 1.82) is 0 Å². The van der Waals surface area contributed by atoms with Crippen LogP contribution in [0.3, 0.4) is 0 Å². The number of nitrogens with zero attached hydrogens (tertiary/aromatic N) is 2. The van der Waals surface area contributed by atoms with Crippen molar-refractivity contribution in [2.45, 2.75) is 13.3 Å². The second kappa shape index (κ2) is 3.66. The molecule has 2 heterocycles. The summed E-state index contributed by atoms with van der Waals surface area (Å²) in [5.74, 6) is 0. The highest BCUT2D eigenvalue weighted by Gasteiger charge is 2.01. The van der Waals surface area contributed by atoms with E-state index < -0.39 is 0 Å². The maximum Gasteiger partial charge on any atom is 0.0929 e. The Labute approximate surface area is 81.3 Å². The van der Waals surface area contributed by atoms with E-state index in [1.807, 2.05) is 18.3 Å². The largest absolute Gasteiger partial charge is 0.264 e. The molecule has 2 aromatic rings. The second-order valence-electron chi connectivity index (χ2n) is 2.72. The molecule has 0 N–H and O–H groups in total. The van der Waals surface area contributed by atoms with Gasteiger partial charge in [-0.2, -0.15) is 0 Å². The van der Waals surface area contributed by atoms with Crippen LogP contribution in [0.2, 0.25) is 0 Å². The van der Waals surface area contributed by atoms with Crippen LogP contribution in [0.5, 0.6) is 0 Å². The minimum atomic E-state index is 1.00. The lowest BCUT2D eigenvalue weighted by Gasteiger charge is -1.92. The van der Waals surface area contributed by atoms with E-state index in [9.17, 15) is 0 Å². The third kappa shape index (κ3) is 1.75. The van der Waals surface area contributed by atoms with Gasteiger partial charge in [-0.25, -0.2) is 4.98 Å². The van der Waals surface area contributed by atoms with E-state index in [4.69, 9.17) is 0 Å². The van der Waals surface area contributed by atoms with E-state index in [0.717, 1.165) is 17.7 Å². The summed E-state index contributed by atoms with van der Waals surface area (Å²) in [6.45, 7) is 2.12. The number of aryl methyl sites for hydroxylation is 1. The molecule has 0 aliphatic rings. The maximum atomic E-state index is 4.48. The number of pyridine rings is 1. The molecule has 0 aromatic carbocycles. The van der Waals surface area contributed by atoms with Crippen molar-refractivity contribution in [3.8, 4) is 11.3 Å². The quantitative estimate of drug-likeness (QED) is 0.727. The van der Waals surface area contributed by atoms with Gasteiger partial charge in [0.25, 0.3) is 0 Å². The van der Waals surface area contributed by atoms with Crippen LogP contribution in [0.1, 0.15) is 11.9 Å². The molecule has 0 fully saturated rings. The van der Waals surface area contributed by atoms with E-state index in [2.05, 4.69) is 22.3 Å². The van der Waals surface area contributed by atoms with Crippen LogP contribution in [0.15, 0.2) is 29.9 Å². The van der Waals surface area contributed by atoms with Gasteiger partial charge in [0.1, 0.15) is 0 Å². The third-order valence-electron chi connectivity index (χ3n) is 1.81. The zero-order valence-electron chi connectivity index (χ0n) is 7.40. The lowest BCUT2D eigenvalue weighted by atomic mass is 10.2. The molecule has 0 unspecified atom stereocenters. The van der Waals surface area contributed by atoms with Gasteiger partial charge in [0.2, 0.25) is 0 Å². The van der Waals surface area contributed by atoms with Crippen LogP contribution in [0.25, 0.3) is 11.3 Å². The SMILES string of the molecule is CCc1nc(-c2cccnc2)cs1. The van der Waals surface area contributed by atoms with Gasteiger partial charge >= 0.3 is 0 Å². The van der Waals surface area contributed by atoms with E-state index >= 15 is 0 Å².